The van der Waals surface area contributed by atoms with Gasteiger partial charge in [-0.15, -0.1) is 0 Å². The highest BCUT2D eigenvalue weighted by Crippen LogP contribution is 2.45. The highest BCUT2D eigenvalue weighted by molar-refractivity contribution is 6.24. The fraction of sp³-hybridized carbons (Fsp3) is 0. The molecule has 0 bridgehead atoms. The Morgan fingerprint density at radius 1 is 0.364 bits per heavy atom. The van der Waals surface area contributed by atoms with Crippen LogP contribution in [-0.2, 0) is 0 Å². The van der Waals surface area contributed by atoms with E-state index < -0.39 is 0 Å². The Labute approximate surface area is 254 Å². The maximum Gasteiger partial charge on any atom is 0.160 e. The molecule has 0 spiro atoms. The maximum absolute atomic E-state index is 4.90. The van der Waals surface area contributed by atoms with Gasteiger partial charge in [0.1, 0.15) is 0 Å². The third-order valence-corrected chi connectivity index (χ3v) is 8.81. The first-order chi connectivity index (χ1) is 21.8. The van der Waals surface area contributed by atoms with Crippen molar-refractivity contribution in [2.75, 3.05) is 0 Å². The van der Waals surface area contributed by atoms with Crippen molar-refractivity contribution in [3.05, 3.63) is 152 Å². The smallest absolute Gasteiger partial charge is 0.160 e. The molecule has 9 rings (SSSR count). The van der Waals surface area contributed by atoms with Crippen LogP contribution in [0.4, 0.5) is 0 Å². The predicted molar refractivity (Wildman–Crippen MR) is 184 cm³/mol. The summed E-state index contributed by atoms with van der Waals surface area (Å²) < 4.78 is 0. The van der Waals surface area contributed by atoms with Crippen molar-refractivity contribution in [1.82, 2.24) is 15.0 Å². The van der Waals surface area contributed by atoms with Gasteiger partial charge in [-0.1, -0.05) is 109 Å². The molecule has 2 aromatic heterocycles. The predicted octanol–water partition coefficient (Wildman–Crippen LogP) is 10.6. The molecule has 0 saturated heterocycles. The Hall–Kier alpha value is -5.93. The largest absolute Gasteiger partial charge is 0.264 e. The van der Waals surface area contributed by atoms with Gasteiger partial charge in [0.25, 0.3) is 0 Å². The average molecular weight is 560 g/mol. The number of benzene rings is 7. The molecular formula is C41H25N3. The summed E-state index contributed by atoms with van der Waals surface area (Å²) in [6.45, 7) is 0. The molecule has 0 radical (unpaired) electrons. The van der Waals surface area contributed by atoms with Crippen LogP contribution in [0.3, 0.4) is 0 Å². The Morgan fingerprint density at radius 2 is 1.00 bits per heavy atom. The number of hydrogen-bond acceptors (Lipinski definition) is 3. The summed E-state index contributed by atoms with van der Waals surface area (Å²) in [7, 11) is 0. The van der Waals surface area contributed by atoms with Crippen LogP contribution < -0.4 is 0 Å². The van der Waals surface area contributed by atoms with Gasteiger partial charge in [-0.25, -0.2) is 9.97 Å². The minimum atomic E-state index is 0.715. The quantitative estimate of drug-likeness (QED) is 0.160. The standard InChI is InChI=1S/C41H25N3/c1-2-10-27-22-38-28(21-26(27)9-1)18-19-32-31(38)16-7-17-33(32)39-34-12-3-5-14-36(34)40(37-15-6-4-13-35(37)39)41-43-24-30(25-44-41)29-11-8-20-42-23-29/h1-25H. The van der Waals surface area contributed by atoms with Gasteiger partial charge in [-0.05, 0) is 83.2 Å². The fourth-order valence-corrected chi connectivity index (χ4v) is 6.80. The number of fused-ring (bicyclic) bond motifs is 6. The van der Waals surface area contributed by atoms with Crippen LogP contribution >= 0.6 is 0 Å². The van der Waals surface area contributed by atoms with E-state index in [0.29, 0.717) is 5.82 Å². The molecule has 44 heavy (non-hydrogen) atoms. The molecule has 0 N–H and O–H groups in total. The first-order valence-electron chi connectivity index (χ1n) is 14.8. The molecule has 9 aromatic rings. The third kappa shape index (κ3) is 3.80. The van der Waals surface area contributed by atoms with Crippen molar-refractivity contribution >= 4 is 53.9 Å². The zero-order valence-electron chi connectivity index (χ0n) is 23.8. The Morgan fingerprint density at radius 3 is 1.68 bits per heavy atom. The maximum atomic E-state index is 4.90. The number of pyridine rings is 1. The van der Waals surface area contributed by atoms with Crippen LogP contribution in [0.2, 0.25) is 0 Å². The zero-order valence-corrected chi connectivity index (χ0v) is 23.8. The molecule has 0 atom stereocenters. The molecule has 0 amide bonds. The van der Waals surface area contributed by atoms with E-state index in [0.717, 1.165) is 27.5 Å². The fourth-order valence-electron chi connectivity index (χ4n) is 6.80. The lowest BCUT2D eigenvalue weighted by Crippen LogP contribution is -1.95. The topological polar surface area (TPSA) is 38.7 Å². The monoisotopic (exact) mass is 559 g/mol. The van der Waals surface area contributed by atoms with Crippen molar-refractivity contribution in [3.63, 3.8) is 0 Å². The second-order valence-corrected chi connectivity index (χ2v) is 11.3. The lowest BCUT2D eigenvalue weighted by molar-refractivity contribution is 1.18. The molecule has 3 heteroatoms. The second kappa shape index (κ2) is 9.82. The van der Waals surface area contributed by atoms with E-state index in [-0.39, 0.29) is 0 Å². The molecule has 204 valence electrons. The summed E-state index contributed by atoms with van der Waals surface area (Å²) in [5.74, 6) is 0.715. The summed E-state index contributed by atoms with van der Waals surface area (Å²) in [4.78, 5) is 14.1. The van der Waals surface area contributed by atoms with Crippen LogP contribution in [0.25, 0.3) is 87.5 Å². The second-order valence-electron chi connectivity index (χ2n) is 11.3. The summed E-state index contributed by atoms with van der Waals surface area (Å²) >= 11 is 0. The van der Waals surface area contributed by atoms with Gasteiger partial charge < -0.3 is 0 Å². The molecule has 0 saturated carbocycles. The van der Waals surface area contributed by atoms with Crippen LogP contribution in [0.1, 0.15) is 0 Å². The number of nitrogens with zero attached hydrogens (tertiary/aromatic N) is 3. The molecule has 0 aliphatic rings. The zero-order chi connectivity index (χ0) is 29.0. The summed E-state index contributed by atoms with van der Waals surface area (Å²) in [6, 6.07) is 45.8. The van der Waals surface area contributed by atoms with Gasteiger partial charge in [-0.2, -0.15) is 0 Å². The van der Waals surface area contributed by atoms with Crippen molar-refractivity contribution in [1.29, 1.82) is 0 Å². The Bertz CT molecular complexity index is 2480. The lowest BCUT2D eigenvalue weighted by Gasteiger charge is -2.18. The van der Waals surface area contributed by atoms with E-state index in [1.165, 1.54) is 54.2 Å². The SMILES string of the molecule is c1cncc(-c2cnc(-c3c4ccccc4c(-c4cccc5c4ccc4cc6ccccc6cc45)c4ccccc34)nc2)c1. The van der Waals surface area contributed by atoms with E-state index >= 15 is 0 Å². The molecule has 0 aliphatic carbocycles. The minimum Gasteiger partial charge on any atom is -0.264 e. The summed E-state index contributed by atoms with van der Waals surface area (Å²) in [5, 5.41) is 12.2. The molecule has 3 nitrogen and oxygen atoms in total. The van der Waals surface area contributed by atoms with Crippen LogP contribution in [0.15, 0.2) is 152 Å². The van der Waals surface area contributed by atoms with Gasteiger partial charge in [0.05, 0.1) is 0 Å². The van der Waals surface area contributed by atoms with Gasteiger partial charge in [0.2, 0.25) is 0 Å². The minimum absolute atomic E-state index is 0.715. The highest BCUT2D eigenvalue weighted by atomic mass is 14.9. The molecule has 0 fully saturated rings. The van der Waals surface area contributed by atoms with E-state index in [9.17, 15) is 0 Å². The molecule has 7 aromatic carbocycles. The summed E-state index contributed by atoms with van der Waals surface area (Å²) in [6.07, 6.45) is 7.42. The molecule has 2 heterocycles. The van der Waals surface area contributed by atoms with Crippen molar-refractivity contribution in [2.24, 2.45) is 0 Å². The van der Waals surface area contributed by atoms with E-state index in [4.69, 9.17) is 9.97 Å². The number of aromatic nitrogens is 3. The van der Waals surface area contributed by atoms with Crippen molar-refractivity contribution in [3.8, 4) is 33.6 Å². The number of rotatable bonds is 3. The van der Waals surface area contributed by atoms with Gasteiger partial charge in [0, 0.05) is 41.5 Å². The van der Waals surface area contributed by atoms with E-state index in [1.807, 2.05) is 30.7 Å². The highest BCUT2D eigenvalue weighted by Gasteiger charge is 2.19. The average Bonchev–Trinajstić information content (AvgIpc) is 3.10. The number of hydrogen-bond donors (Lipinski definition) is 0. The first-order valence-corrected chi connectivity index (χ1v) is 14.8. The van der Waals surface area contributed by atoms with Crippen molar-refractivity contribution in [2.45, 2.75) is 0 Å². The molecule has 0 unspecified atom stereocenters. The Kier molecular flexibility index (Phi) is 5.50. The third-order valence-electron chi connectivity index (χ3n) is 8.81. The van der Waals surface area contributed by atoms with Gasteiger partial charge in [-0.3, -0.25) is 4.98 Å². The summed E-state index contributed by atoms with van der Waals surface area (Å²) in [5.41, 5.74) is 5.46. The Balaban J connectivity index is 1.32. The molecular weight excluding hydrogens is 534 g/mol. The van der Waals surface area contributed by atoms with E-state index in [2.05, 4.69) is 120 Å². The van der Waals surface area contributed by atoms with Crippen LogP contribution in [0.5, 0.6) is 0 Å². The molecule has 0 aliphatic heterocycles. The van der Waals surface area contributed by atoms with Crippen LogP contribution in [-0.4, -0.2) is 15.0 Å². The normalized spacial score (nSPS) is 11.6. The first kappa shape index (κ1) is 24.6. The van der Waals surface area contributed by atoms with Crippen molar-refractivity contribution < 1.29 is 0 Å². The van der Waals surface area contributed by atoms with Crippen LogP contribution in [0, 0.1) is 0 Å². The van der Waals surface area contributed by atoms with E-state index in [1.54, 1.807) is 6.20 Å². The van der Waals surface area contributed by atoms with Gasteiger partial charge in [0.15, 0.2) is 5.82 Å². The lowest BCUT2D eigenvalue weighted by atomic mass is 9.85. The van der Waals surface area contributed by atoms with Gasteiger partial charge >= 0.3 is 0 Å².